The number of fused-ring (bicyclic) bond motifs is 9. The number of rotatable bonds is 4. The molecule has 51 heavy (non-hydrogen) atoms. The quantitative estimate of drug-likeness (QED) is 0.182. The van der Waals surface area contributed by atoms with Gasteiger partial charge in [0.25, 0.3) is 0 Å². The van der Waals surface area contributed by atoms with Gasteiger partial charge in [0.2, 0.25) is 0 Å². The third-order valence-electron chi connectivity index (χ3n) is 9.93. The molecule has 11 rings (SSSR count). The van der Waals surface area contributed by atoms with Crippen LogP contribution in [-0.4, -0.2) is 9.97 Å². The fraction of sp³-hybridized carbons (Fsp3) is 0. The van der Waals surface area contributed by atoms with E-state index in [9.17, 15) is 0 Å². The summed E-state index contributed by atoms with van der Waals surface area (Å²) in [6.07, 6.45) is 0. The summed E-state index contributed by atoms with van der Waals surface area (Å²) in [5.74, 6) is 0.742. The Hall–Kier alpha value is -5.72. The van der Waals surface area contributed by atoms with E-state index >= 15 is 0 Å². The van der Waals surface area contributed by atoms with Gasteiger partial charge in [-0.15, -0.1) is 34.0 Å². The number of nitrogens with zero attached hydrogens (tertiary/aromatic N) is 2. The molecule has 0 radical (unpaired) electrons. The Morgan fingerprint density at radius 3 is 1.45 bits per heavy atom. The van der Waals surface area contributed by atoms with Crippen LogP contribution < -0.4 is 0 Å². The fourth-order valence-electron chi connectivity index (χ4n) is 7.57. The molecule has 0 aliphatic rings. The minimum Gasteiger partial charge on any atom is -0.227 e. The van der Waals surface area contributed by atoms with E-state index in [1.54, 1.807) is 11.3 Å². The topological polar surface area (TPSA) is 25.8 Å². The lowest BCUT2D eigenvalue weighted by molar-refractivity contribution is 1.24. The van der Waals surface area contributed by atoms with Gasteiger partial charge in [-0.25, -0.2) is 9.97 Å². The van der Waals surface area contributed by atoms with Gasteiger partial charge in [0.15, 0.2) is 5.82 Å². The minimum absolute atomic E-state index is 0.742. The smallest absolute Gasteiger partial charge is 0.161 e. The molecule has 11 aromatic rings. The van der Waals surface area contributed by atoms with Crippen molar-refractivity contribution >= 4 is 94.7 Å². The van der Waals surface area contributed by atoms with Crippen molar-refractivity contribution in [2.24, 2.45) is 0 Å². The standard InChI is InChI=1S/C46H26N2S3/c1-4-22-38-33(15-1)35-20-9-18-31(43(35)49-38)27-11-7-13-29(25-27)42-41-37-17-3-6-24-40(37)51-46(41)48-45(47-42)30-14-8-12-28(26-30)32-19-10-21-36-34-16-2-5-23-39(34)50-44(32)36/h1-26H. The number of thiophene rings is 3. The van der Waals surface area contributed by atoms with Gasteiger partial charge in [-0.3, -0.25) is 0 Å². The Morgan fingerprint density at radius 2 is 0.824 bits per heavy atom. The molecule has 4 heterocycles. The largest absolute Gasteiger partial charge is 0.227 e. The van der Waals surface area contributed by atoms with E-state index in [1.807, 2.05) is 22.7 Å². The van der Waals surface area contributed by atoms with Crippen LogP contribution in [0.5, 0.6) is 0 Å². The molecule has 0 atom stereocenters. The molecule has 0 bridgehead atoms. The molecule has 0 aliphatic heterocycles. The monoisotopic (exact) mass is 702 g/mol. The van der Waals surface area contributed by atoms with Crippen molar-refractivity contribution in [3.8, 4) is 44.9 Å². The van der Waals surface area contributed by atoms with E-state index in [4.69, 9.17) is 9.97 Å². The molecule has 2 nitrogen and oxygen atoms in total. The lowest BCUT2D eigenvalue weighted by Crippen LogP contribution is -1.94. The predicted molar refractivity (Wildman–Crippen MR) is 222 cm³/mol. The van der Waals surface area contributed by atoms with Crippen LogP contribution in [0.4, 0.5) is 0 Å². The van der Waals surface area contributed by atoms with Crippen molar-refractivity contribution in [3.05, 3.63) is 158 Å². The molecular formula is C46H26N2S3. The highest BCUT2D eigenvalue weighted by molar-refractivity contribution is 7.27. The van der Waals surface area contributed by atoms with Crippen LogP contribution in [-0.2, 0) is 0 Å². The first-order valence-electron chi connectivity index (χ1n) is 17.0. The Labute approximate surface area is 305 Å². The molecule has 7 aromatic carbocycles. The molecule has 4 aromatic heterocycles. The number of benzene rings is 7. The molecule has 0 amide bonds. The first-order valence-corrected chi connectivity index (χ1v) is 19.4. The van der Waals surface area contributed by atoms with Crippen LogP contribution in [0, 0.1) is 0 Å². The number of aromatic nitrogens is 2. The van der Waals surface area contributed by atoms with Crippen LogP contribution in [0.3, 0.4) is 0 Å². The van der Waals surface area contributed by atoms with Crippen molar-refractivity contribution in [1.82, 2.24) is 9.97 Å². The maximum atomic E-state index is 5.43. The maximum Gasteiger partial charge on any atom is 0.161 e. The molecule has 0 saturated heterocycles. The van der Waals surface area contributed by atoms with Gasteiger partial charge in [0, 0.05) is 66.9 Å². The molecular weight excluding hydrogens is 677 g/mol. The van der Waals surface area contributed by atoms with Crippen LogP contribution >= 0.6 is 34.0 Å². The van der Waals surface area contributed by atoms with Crippen molar-refractivity contribution < 1.29 is 0 Å². The molecule has 0 saturated carbocycles. The van der Waals surface area contributed by atoms with E-state index < -0.39 is 0 Å². The second-order valence-electron chi connectivity index (χ2n) is 12.9. The Morgan fingerprint density at radius 1 is 0.353 bits per heavy atom. The predicted octanol–water partition coefficient (Wildman–Crippen LogP) is 14.2. The van der Waals surface area contributed by atoms with E-state index in [0.717, 1.165) is 32.9 Å². The van der Waals surface area contributed by atoms with Gasteiger partial charge in [-0.2, -0.15) is 0 Å². The maximum absolute atomic E-state index is 5.43. The van der Waals surface area contributed by atoms with Crippen molar-refractivity contribution in [1.29, 1.82) is 0 Å². The van der Waals surface area contributed by atoms with E-state index in [2.05, 4.69) is 158 Å². The Balaban J connectivity index is 1.10. The van der Waals surface area contributed by atoms with Crippen LogP contribution in [0.1, 0.15) is 0 Å². The summed E-state index contributed by atoms with van der Waals surface area (Å²) in [4.78, 5) is 11.7. The second kappa shape index (κ2) is 11.4. The van der Waals surface area contributed by atoms with Crippen molar-refractivity contribution in [2.45, 2.75) is 0 Å². The first kappa shape index (κ1) is 29.1. The van der Waals surface area contributed by atoms with E-state index in [0.29, 0.717) is 0 Å². The lowest BCUT2D eigenvalue weighted by Gasteiger charge is -2.11. The van der Waals surface area contributed by atoms with Gasteiger partial charge in [0.05, 0.1) is 5.69 Å². The summed E-state index contributed by atoms with van der Waals surface area (Å²) in [6.45, 7) is 0. The normalized spacial score (nSPS) is 11.9. The van der Waals surface area contributed by atoms with Gasteiger partial charge >= 0.3 is 0 Å². The summed E-state index contributed by atoms with van der Waals surface area (Å²) < 4.78 is 6.47. The summed E-state index contributed by atoms with van der Waals surface area (Å²) in [6, 6.07) is 57.0. The first-order chi connectivity index (χ1) is 25.3. The molecule has 0 aliphatic carbocycles. The summed E-state index contributed by atoms with van der Waals surface area (Å²) in [5.41, 5.74) is 7.92. The van der Waals surface area contributed by atoms with Crippen molar-refractivity contribution in [3.63, 3.8) is 0 Å². The molecule has 0 fully saturated rings. The van der Waals surface area contributed by atoms with E-state index in [-0.39, 0.29) is 0 Å². The zero-order valence-electron chi connectivity index (χ0n) is 27.1. The van der Waals surface area contributed by atoms with Gasteiger partial charge in [-0.05, 0) is 52.6 Å². The molecule has 238 valence electrons. The second-order valence-corrected chi connectivity index (χ2v) is 16.0. The highest BCUT2D eigenvalue weighted by atomic mass is 32.1. The third-order valence-corrected chi connectivity index (χ3v) is 13.4. The molecule has 0 N–H and O–H groups in total. The van der Waals surface area contributed by atoms with Gasteiger partial charge in [0.1, 0.15) is 4.83 Å². The van der Waals surface area contributed by atoms with Gasteiger partial charge in [-0.1, -0.05) is 127 Å². The Kier molecular flexibility index (Phi) is 6.50. The minimum atomic E-state index is 0.742. The summed E-state index contributed by atoms with van der Waals surface area (Å²) in [5, 5.41) is 7.54. The zero-order valence-corrected chi connectivity index (χ0v) is 29.6. The summed E-state index contributed by atoms with van der Waals surface area (Å²) in [7, 11) is 0. The van der Waals surface area contributed by atoms with Crippen LogP contribution in [0.25, 0.3) is 106 Å². The zero-order chi connectivity index (χ0) is 33.5. The average Bonchev–Trinajstić information content (AvgIpc) is 3.89. The van der Waals surface area contributed by atoms with E-state index in [1.165, 1.54) is 72.7 Å². The number of hydrogen-bond donors (Lipinski definition) is 0. The third kappa shape index (κ3) is 4.59. The Bertz CT molecular complexity index is 3160. The van der Waals surface area contributed by atoms with Crippen molar-refractivity contribution in [2.75, 3.05) is 0 Å². The fourth-order valence-corrected chi connectivity index (χ4v) is 11.1. The number of hydrogen-bond acceptors (Lipinski definition) is 5. The highest BCUT2D eigenvalue weighted by Crippen LogP contribution is 2.44. The molecule has 0 unspecified atom stereocenters. The average molecular weight is 703 g/mol. The molecule has 0 spiro atoms. The van der Waals surface area contributed by atoms with Crippen LogP contribution in [0.2, 0.25) is 0 Å². The molecule has 5 heteroatoms. The SMILES string of the molecule is c1cc(-c2nc(-c3cccc(-c4cccc5c4sc4ccccc45)c3)c3c(n2)sc2ccccc23)cc(-c2cccc3c2sc2ccccc23)c1. The lowest BCUT2D eigenvalue weighted by atomic mass is 9.98. The van der Waals surface area contributed by atoms with Gasteiger partial charge < -0.3 is 0 Å². The highest BCUT2D eigenvalue weighted by Gasteiger charge is 2.19. The summed E-state index contributed by atoms with van der Waals surface area (Å²) >= 11 is 5.47. The van der Waals surface area contributed by atoms with Crippen LogP contribution in [0.15, 0.2) is 158 Å².